The summed E-state index contributed by atoms with van der Waals surface area (Å²) in [5.74, 6) is 1.12. The van der Waals surface area contributed by atoms with Gasteiger partial charge in [-0.2, -0.15) is 13.2 Å². The molecule has 0 aliphatic rings. The Morgan fingerprint density at radius 3 is 1.19 bits per heavy atom. The van der Waals surface area contributed by atoms with E-state index < -0.39 is 11.6 Å². The second-order valence-electron chi connectivity index (χ2n) is 15.8. The number of halogens is 3. The van der Waals surface area contributed by atoms with E-state index in [1.165, 1.54) is 48.5 Å². The van der Waals surface area contributed by atoms with Crippen molar-refractivity contribution in [3.8, 4) is 34.1 Å². The van der Waals surface area contributed by atoms with Gasteiger partial charge in [-0.25, -0.2) is 0 Å². The van der Waals surface area contributed by atoms with Gasteiger partial charge in [0.15, 0.2) is 17.3 Å². The molecule has 0 bridgehead atoms. The third kappa shape index (κ3) is 9.03. The minimum Gasteiger partial charge on any atom is -0.457 e. The van der Waals surface area contributed by atoms with Crippen molar-refractivity contribution in [3.05, 3.63) is 250 Å². The summed E-state index contributed by atoms with van der Waals surface area (Å²) < 4.78 is 56.6. The van der Waals surface area contributed by atoms with Gasteiger partial charge in [0.2, 0.25) is 0 Å². The Hall–Kier alpha value is -7.84. The summed E-state index contributed by atoms with van der Waals surface area (Å²) in [7, 11) is 0. The van der Waals surface area contributed by atoms with Crippen LogP contribution in [0.1, 0.15) is 76.9 Å². The molecular weight excluding hydrogens is 810 g/mol. The first kappa shape index (κ1) is 42.8. The number of rotatable bonds is 13. The molecular formula is C56H41F3O5. The van der Waals surface area contributed by atoms with Crippen LogP contribution in [0.15, 0.2) is 194 Å². The summed E-state index contributed by atoms with van der Waals surface area (Å²) in [5.41, 5.74) is 4.53. The van der Waals surface area contributed by atoms with Gasteiger partial charge in [-0.05, 0) is 127 Å². The van der Waals surface area contributed by atoms with Crippen LogP contribution in [0, 0.1) is 13.8 Å². The highest BCUT2D eigenvalue weighted by atomic mass is 19.4. The Balaban J connectivity index is 0.904. The highest BCUT2D eigenvalue weighted by Gasteiger charge is 2.53. The van der Waals surface area contributed by atoms with Crippen LogP contribution >= 0.6 is 0 Å². The quantitative estimate of drug-likeness (QED) is 0.108. The van der Waals surface area contributed by atoms with Crippen LogP contribution in [-0.2, 0) is 5.41 Å². The number of hydrogen-bond donors (Lipinski definition) is 0. The van der Waals surface area contributed by atoms with E-state index in [0.717, 1.165) is 29.2 Å². The molecule has 0 saturated carbocycles. The SMILES string of the molecule is Cc1ccc(C(=O)c2ccc(Oc3ccc(C(C)(c4ccc(Oc5ccc(C(=O)c6ccc(-c7ccc(C)c(C(=O)c8ccccc8)c7)cc6)cc5)cc4)C(F)(F)F)cc3)cc2)cc1. The lowest BCUT2D eigenvalue weighted by Gasteiger charge is -2.33. The molecule has 0 aliphatic carbocycles. The van der Waals surface area contributed by atoms with Crippen LogP contribution < -0.4 is 9.47 Å². The molecule has 64 heavy (non-hydrogen) atoms. The van der Waals surface area contributed by atoms with Crippen LogP contribution in [0.25, 0.3) is 11.1 Å². The fourth-order valence-electron chi connectivity index (χ4n) is 7.47. The minimum atomic E-state index is -4.65. The molecule has 0 heterocycles. The molecule has 1 atom stereocenters. The van der Waals surface area contributed by atoms with Crippen molar-refractivity contribution in [1.29, 1.82) is 0 Å². The molecule has 8 rings (SSSR count). The van der Waals surface area contributed by atoms with Crippen molar-refractivity contribution < 1.29 is 37.0 Å². The molecule has 0 aromatic heterocycles. The second kappa shape index (κ2) is 17.9. The van der Waals surface area contributed by atoms with Gasteiger partial charge in [-0.15, -0.1) is 0 Å². The molecule has 0 radical (unpaired) electrons. The molecule has 0 N–H and O–H groups in total. The predicted molar refractivity (Wildman–Crippen MR) is 243 cm³/mol. The first-order valence-corrected chi connectivity index (χ1v) is 20.6. The zero-order chi connectivity index (χ0) is 45.0. The molecule has 1 unspecified atom stereocenters. The molecule has 0 spiro atoms. The van der Waals surface area contributed by atoms with Gasteiger partial charge in [-0.3, -0.25) is 14.4 Å². The van der Waals surface area contributed by atoms with Gasteiger partial charge < -0.3 is 9.47 Å². The zero-order valence-electron chi connectivity index (χ0n) is 35.2. The molecule has 0 fully saturated rings. The van der Waals surface area contributed by atoms with E-state index in [0.29, 0.717) is 56.4 Å². The molecule has 8 aromatic rings. The van der Waals surface area contributed by atoms with E-state index in [9.17, 15) is 27.6 Å². The number of aryl methyl sites for hydroxylation is 2. The Morgan fingerprint density at radius 1 is 0.406 bits per heavy atom. The van der Waals surface area contributed by atoms with Crippen molar-refractivity contribution in [1.82, 2.24) is 0 Å². The largest absolute Gasteiger partial charge is 0.457 e. The third-order valence-electron chi connectivity index (χ3n) is 11.4. The van der Waals surface area contributed by atoms with Crippen LogP contribution in [0.2, 0.25) is 0 Å². The van der Waals surface area contributed by atoms with Crippen LogP contribution in [0.5, 0.6) is 23.0 Å². The summed E-state index contributed by atoms with van der Waals surface area (Å²) in [6.45, 7) is 4.99. The molecule has 0 aliphatic heterocycles. The third-order valence-corrected chi connectivity index (χ3v) is 11.4. The second-order valence-corrected chi connectivity index (χ2v) is 15.8. The first-order chi connectivity index (χ1) is 30.8. The van der Waals surface area contributed by atoms with Crippen LogP contribution in [-0.4, -0.2) is 23.5 Å². The minimum absolute atomic E-state index is 0.0188. The maximum atomic E-state index is 14.9. The standard InChI is InChI=1S/C56H41F3O5/c1-36-9-12-40(13-10-36)52(60)42-19-27-47(28-20-42)63-49-31-23-45(24-32-49)55(3,56(57,58)59)46-25-33-50(34-26-46)64-48-29-21-43(22-30-48)53(61)41-17-15-38(16-18-41)44-14-11-37(2)51(35-44)54(62)39-7-5-4-6-8-39/h4-35H,1-3H3. The highest BCUT2D eigenvalue weighted by Crippen LogP contribution is 2.47. The smallest absolute Gasteiger partial charge is 0.402 e. The number of ether oxygens (including phenoxy) is 2. The molecule has 0 amide bonds. The Labute approximate surface area is 369 Å². The Morgan fingerprint density at radius 2 is 0.766 bits per heavy atom. The van der Waals surface area contributed by atoms with Crippen LogP contribution in [0.4, 0.5) is 13.2 Å². The normalized spacial score (nSPS) is 12.2. The molecule has 8 aromatic carbocycles. The van der Waals surface area contributed by atoms with E-state index in [2.05, 4.69) is 0 Å². The van der Waals surface area contributed by atoms with Gasteiger partial charge >= 0.3 is 6.18 Å². The lowest BCUT2D eigenvalue weighted by Crippen LogP contribution is -2.40. The Kier molecular flexibility index (Phi) is 12.0. The maximum absolute atomic E-state index is 14.9. The average Bonchev–Trinajstić information content (AvgIpc) is 3.32. The molecule has 8 heteroatoms. The number of ketones is 3. The van der Waals surface area contributed by atoms with Crippen molar-refractivity contribution >= 4 is 17.3 Å². The maximum Gasteiger partial charge on any atom is 0.402 e. The average molecular weight is 851 g/mol. The fraction of sp³-hybridized carbons (Fsp3) is 0.0893. The molecule has 316 valence electrons. The van der Waals surface area contributed by atoms with E-state index in [1.807, 2.05) is 74.5 Å². The van der Waals surface area contributed by atoms with Gasteiger partial charge in [-0.1, -0.05) is 121 Å². The molecule has 5 nitrogen and oxygen atoms in total. The monoisotopic (exact) mass is 850 g/mol. The van der Waals surface area contributed by atoms with Gasteiger partial charge in [0.1, 0.15) is 28.4 Å². The summed E-state index contributed by atoms with van der Waals surface area (Å²) in [4.78, 5) is 39.5. The Bertz CT molecular complexity index is 2940. The van der Waals surface area contributed by atoms with Crippen LogP contribution in [0.3, 0.4) is 0 Å². The summed E-state index contributed by atoms with van der Waals surface area (Å²) in [6, 6.07) is 54.0. The summed E-state index contributed by atoms with van der Waals surface area (Å²) in [5, 5.41) is 0. The highest BCUT2D eigenvalue weighted by molar-refractivity contribution is 6.11. The van der Waals surface area contributed by atoms with Gasteiger partial charge in [0.05, 0.1) is 0 Å². The number of carbonyl (C=O) groups is 3. The number of hydrogen-bond acceptors (Lipinski definition) is 5. The van der Waals surface area contributed by atoms with E-state index in [1.54, 1.807) is 84.9 Å². The van der Waals surface area contributed by atoms with Gasteiger partial charge in [0.25, 0.3) is 0 Å². The predicted octanol–water partition coefficient (Wildman–Crippen LogP) is 14.1. The van der Waals surface area contributed by atoms with Crippen molar-refractivity contribution in [2.75, 3.05) is 0 Å². The number of alkyl halides is 3. The van der Waals surface area contributed by atoms with Crippen molar-refractivity contribution in [2.45, 2.75) is 32.4 Å². The van der Waals surface area contributed by atoms with E-state index in [4.69, 9.17) is 9.47 Å². The lowest BCUT2D eigenvalue weighted by molar-refractivity contribution is -0.173. The molecule has 0 saturated heterocycles. The van der Waals surface area contributed by atoms with E-state index >= 15 is 0 Å². The number of benzene rings is 8. The van der Waals surface area contributed by atoms with Gasteiger partial charge in [0, 0.05) is 33.4 Å². The van der Waals surface area contributed by atoms with Crippen molar-refractivity contribution in [3.63, 3.8) is 0 Å². The van der Waals surface area contributed by atoms with Crippen molar-refractivity contribution in [2.24, 2.45) is 0 Å². The summed E-state index contributed by atoms with van der Waals surface area (Å²) in [6.07, 6.45) is -4.65. The lowest BCUT2D eigenvalue weighted by atomic mass is 9.75. The summed E-state index contributed by atoms with van der Waals surface area (Å²) >= 11 is 0. The topological polar surface area (TPSA) is 69.7 Å². The zero-order valence-corrected chi connectivity index (χ0v) is 35.2. The van der Waals surface area contributed by atoms with E-state index in [-0.39, 0.29) is 28.5 Å². The fourth-order valence-corrected chi connectivity index (χ4v) is 7.47. The first-order valence-electron chi connectivity index (χ1n) is 20.6. The number of carbonyl (C=O) groups excluding carboxylic acids is 3.